The molecule has 312 valence electrons. The quantitative estimate of drug-likeness (QED) is 0.0847. The van der Waals surface area contributed by atoms with Gasteiger partial charge in [-0.1, -0.05) is 148 Å². The van der Waals surface area contributed by atoms with Crippen molar-refractivity contribution in [2.75, 3.05) is 0 Å². The molecule has 6 aromatic carbocycles. The second-order valence-corrected chi connectivity index (χ2v) is 29.0. The predicted octanol–water partition coefficient (Wildman–Crippen LogP) is 15.1. The van der Waals surface area contributed by atoms with Crippen LogP contribution in [-0.2, 0) is 36.2 Å². The average Bonchev–Trinajstić information content (AvgIpc) is 3.99. The zero-order valence-corrected chi connectivity index (χ0v) is 44.4. The van der Waals surface area contributed by atoms with Crippen LogP contribution in [0.5, 0.6) is 0 Å². The van der Waals surface area contributed by atoms with E-state index in [1.165, 1.54) is 153 Å². The number of halogens is 2. The molecule has 0 aromatic heterocycles. The Morgan fingerprint density at radius 3 is 1.14 bits per heavy atom. The Hall–Kier alpha value is -1.79. The zero-order chi connectivity index (χ0) is 38.7. The monoisotopic (exact) mass is 938 g/mol. The minimum atomic E-state index is -1.23. The van der Waals surface area contributed by atoms with E-state index in [-0.39, 0.29) is 39.7 Å². The third-order valence-corrected chi connectivity index (χ3v) is 16.5. The predicted molar refractivity (Wildman–Crippen MR) is 270 cm³/mol. The van der Waals surface area contributed by atoms with Gasteiger partial charge in [-0.05, 0) is 73.3 Å². The normalized spacial score (nSPS) is 14.5. The third-order valence-electron chi connectivity index (χ3n) is 12.4. The van der Waals surface area contributed by atoms with Crippen LogP contribution in [-0.4, -0.2) is 23.0 Å². The number of hydrogen-bond acceptors (Lipinski definition) is 0. The van der Waals surface area contributed by atoms with Gasteiger partial charge >= 0.3 is 30.2 Å². The van der Waals surface area contributed by atoms with E-state index in [4.69, 9.17) is 0 Å². The van der Waals surface area contributed by atoms with Gasteiger partial charge in [-0.25, -0.2) is 0 Å². The van der Waals surface area contributed by atoms with Gasteiger partial charge in [0.25, 0.3) is 0 Å². The van der Waals surface area contributed by atoms with Crippen LogP contribution >= 0.6 is 24.8 Å². The van der Waals surface area contributed by atoms with Crippen molar-refractivity contribution >= 4 is 79.8 Å². The first-order valence-electron chi connectivity index (χ1n) is 20.6. The fourth-order valence-corrected chi connectivity index (χ4v) is 11.2. The first-order chi connectivity index (χ1) is 25.8. The van der Waals surface area contributed by atoms with Crippen molar-refractivity contribution < 1.29 is 23.3 Å². The molecule has 2 aliphatic carbocycles. The summed E-state index contributed by atoms with van der Waals surface area (Å²) in [7, 11) is -2.47. The third kappa shape index (κ3) is 12.6. The maximum absolute atomic E-state index is 3.06. The summed E-state index contributed by atoms with van der Waals surface area (Å²) in [6, 6.07) is 42.1. The summed E-state index contributed by atoms with van der Waals surface area (Å²) in [6.07, 6.45) is 13.6. The molecule has 0 atom stereocenters. The van der Waals surface area contributed by atoms with Gasteiger partial charge in [0.1, 0.15) is 0 Å². The molecule has 0 unspecified atom stereocenters. The minimum absolute atomic E-state index is 0. The van der Waals surface area contributed by atoms with Crippen LogP contribution in [0.25, 0.3) is 43.8 Å². The van der Waals surface area contributed by atoms with Gasteiger partial charge in [0, 0.05) is 0 Å². The van der Waals surface area contributed by atoms with Crippen molar-refractivity contribution in [2.24, 2.45) is 10.8 Å². The Balaban J connectivity index is 0.000000360. The molecule has 6 aromatic rings. The molecule has 6 heteroatoms. The molecule has 2 saturated carbocycles. The van der Waals surface area contributed by atoms with Crippen molar-refractivity contribution in [1.29, 1.82) is 0 Å². The van der Waals surface area contributed by atoms with Crippen LogP contribution in [0.1, 0.15) is 76.3 Å². The van der Waals surface area contributed by atoms with Gasteiger partial charge < -0.3 is 14.9 Å². The Bertz CT molecular complexity index is 2000. The van der Waals surface area contributed by atoms with E-state index in [1.807, 2.05) is 0 Å². The molecule has 0 N–H and O–H groups in total. The van der Waals surface area contributed by atoms with Crippen LogP contribution in [0.3, 0.4) is 0 Å². The molecular weight excluding hydrogens is 871 g/mol. The Morgan fingerprint density at radius 1 is 0.534 bits per heavy atom. The van der Waals surface area contributed by atoms with Crippen LogP contribution < -0.4 is 10.4 Å². The standard InChI is InChI=1S/2C25H31Si.2CH3.2ClH.Si.Zr/c2*1-5-13-25(14-15-25)18-19-16-21-7-6-8-23(24(21)17-19)20-9-11-22(12-10-20)26(2,3)4;;;;;;/h2*6-12,16-17H,5,13-15,18H2,1-4H3;2*1H3;2*1H;;/q4*-1;;;;. The number of fused-ring (bicyclic) bond motifs is 2. The Morgan fingerprint density at radius 2 is 0.862 bits per heavy atom. The van der Waals surface area contributed by atoms with E-state index in [0.717, 1.165) is 0 Å². The molecular formula is C52H70Cl2Si3Zr-4. The molecule has 2 radical (unpaired) electrons. The van der Waals surface area contributed by atoms with E-state index in [0.29, 0.717) is 10.8 Å². The number of rotatable bonds is 12. The van der Waals surface area contributed by atoms with E-state index in [9.17, 15) is 0 Å². The van der Waals surface area contributed by atoms with E-state index in [1.54, 1.807) is 0 Å². The fourth-order valence-electron chi connectivity index (χ4n) is 8.91. The van der Waals surface area contributed by atoms with Crippen molar-refractivity contribution in [3.8, 4) is 22.3 Å². The fraction of sp³-hybridized carbons (Fsp3) is 0.385. The van der Waals surface area contributed by atoms with Gasteiger partial charge in [0.15, 0.2) is 0 Å². The molecule has 0 amide bonds. The van der Waals surface area contributed by atoms with Gasteiger partial charge in [0.05, 0.1) is 16.1 Å². The van der Waals surface area contributed by atoms with Gasteiger partial charge in [0.2, 0.25) is 0 Å². The molecule has 2 fully saturated rings. The summed E-state index contributed by atoms with van der Waals surface area (Å²) in [6.45, 7) is 22.2. The molecule has 0 bridgehead atoms. The Labute approximate surface area is 385 Å². The summed E-state index contributed by atoms with van der Waals surface area (Å²) in [5, 5.41) is 8.72. The van der Waals surface area contributed by atoms with E-state index < -0.39 is 16.1 Å². The topological polar surface area (TPSA) is 0 Å². The zero-order valence-electron chi connectivity index (χ0n) is 37.3. The number of hydrogen-bond donors (Lipinski definition) is 0. The SMILES string of the molecule is CCCC1(Cc2cc3c(-c4ccc([Si](C)(C)C)cc4)cccc3[cH-]2)CC1.CCCC1(Cc2cc3c(-c4ccc([Si](C)(C)C)cc4)cccc3[cH-]2)CC1.Cl.Cl.[CH3-].[CH3-].[Si]=[Zr]. The molecule has 0 saturated heterocycles. The van der Waals surface area contributed by atoms with Crippen LogP contribution in [0.15, 0.2) is 109 Å². The summed E-state index contributed by atoms with van der Waals surface area (Å²) in [5.41, 5.74) is 9.80. The second-order valence-electron chi connectivity index (χ2n) is 18.9. The van der Waals surface area contributed by atoms with Crippen LogP contribution in [0, 0.1) is 25.7 Å². The van der Waals surface area contributed by atoms with Crippen molar-refractivity contribution in [1.82, 2.24) is 0 Å². The maximum atomic E-state index is 3.06. The van der Waals surface area contributed by atoms with Crippen LogP contribution in [0.4, 0.5) is 0 Å². The molecule has 8 rings (SSSR count). The van der Waals surface area contributed by atoms with Gasteiger partial charge in [-0.2, -0.15) is 12.1 Å². The summed E-state index contributed by atoms with van der Waals surface area (Å²) < 4.78 is 0. The van der Waals surface area contributed by atoms with E-state index >= 15 is 0 Å². The van der Waals surface area contributed by atoms with Gasteiger partial charge in [-0.15, -0.1) is 93.9 Å². The van der Waals surface area contributed by atoms with Crippen molar-refractivity contribution in [3.05, 3.63) is 135 Å². The first kappa shape index (κ1) is 52.4. The molecule has 0 spiro atoms. The van der Waals surface area contributed by atoms with Crippen LogP contribution in [0.2, 0.25) is 39.3 Å². The number of benzene rings is 4. The molecule has 0 heterocycles. The summed E-state index contributed by atoms with van der Waals surface area (Å²) in [5.74, 6) is 0. The second kappa shape index (κ2) is 21.8. The first-order valence-corrected chi connectivity index (χ1v) is 31.8. The Kier molecular flexibility index (Phi) is 19.7. The summed E-state index contributed by atoms with van der Waals surface area (Å²) in [4.78, 5) is 0. The van der Waals surface area contributed by atoms with Crippen molar-refractivity contribution in [2.45, 2.75) is 117 Å². The molecule has 58 heavy (non-hydrogen) atoms. The average molecular weight is 942 g/mol. The van der Waals surface area contributed by atoms with Gasteiger partial charge in [-0.3, -0.25) is 0 Å². The van der Waals surface area contributed by atoms with Crippen molar-refractivity contribution in [3.63, 3.8) is 0 Å². The summed E-state index contributed by atoms with van der Waals surface area (Å²) >= 11 is 1.36. The van der Waals surface area contributed by atoms with E-state index in [2.05, 4.69) is 169 Å². The molecule has 2 aliphatic rings. The molecule has 0 nitrogen and oxygen atoms in total. The molecule has 0 aliphatic heterocycles.